The summed E-state index contributed by atoms with van der Waals surface area (Å²) < 4.78 is 20.8. The molecule has 0 radical (unpaired) electrons. The lowest BCUT2D eigenvalue weighted by Gasteiger charge is -2.39. The second-order valence-corrected chi connectivity index (χ2v) is 5.96. The van der Waals surface area contributed by atoms with Gasteiger partial charge in [0.25, 0.3) is 0 Å². The molecule has 0 aliphatic heterocycles. The molecule has 0 aromatic heterocycles. The third kappa shape index (κ3) is 3.35. The number of methoxy groups -OCH3 is 1. The Labute approximate surface area is 134 Å². The standard InChI is InChI=1S/C15H22BrClFNO/c1-5-15(6-2,20-4)14(19-7-3)10-8-9-11(16)12(17)13(10)18/h8-9,14,19H,5-7H2,1-4H3. The quantitative estimate of drug-likeness (QED) is 0.678. The number of nitrogens with one attached hydrogen (secondary N) is 1. The van der Waals surface area contributed by atoms with Gasteiger partial charge >= 0.3 is 0 Å². The molecule has 0 fully saturated rings. The summed E-state index contributed by atoms with van der Waals surface area (Å²) in [5.41, 5.74) is 0.0965. The summed E-state index contributed by atoms with van der Waals surface area (Å²) in [4.78, 5) is 0. The van der Waals surface area contributed by atoms with Crippen LogP contribution in [0.1, 0.15) is 45.2 Å². The van der Waals surface area contributed by atoms with Gasteiger partial charge in [-0.1, -0.05) is 38.4 Å². The van der Waals surface area contributed by atoms with Crippen LogP contribution in [0.15, 0.2) is 16.6 Å². The first-order valence-corrected chi connectivity index (χ1v) is 8.06. The van der Waals surface area contributed by atoms with Crippen molar-refractivity contribution in [3.8, 4) is 0 Å². The van der Waals surface area contributed by atoms with Crippen molar-refractivity contribution in [1.29, 1.82) is 0 Å². The summed E-state index contributed by atoms with van der Waals surface area (Å²) in [7, 11) is 1.68. The highest BCUT2D eigenvalue weighted by molar-refractivity contribution is 9.10. The molecule has 0 saturated carbocycles. The number of hydrogen-bond donors (Lipinski definition) is 1. The highest BCUT2D eigenvalue weighted by Gasteiger charge is 2.38. The fourth-order valence-corrected chi connectivity index (χ4v) is 3.09. The number of likely N-dealkylation sites (N-methyl/N-ethyl adjacent to an activating group) is 1. The van der Waals surface area contributed by atoms with E-state index in [2.05, 4.69) is 35.1 Å². The Balaban J connectivity index is 3.37. The summed E-state index contributed by atoms with van der Waals surface area (Å²) in [6, 6.07) is 3.30. The molecule has 2 nitrogen and oxygen atoms in total. The van der Waals surface area contributed by atoms with E-state index in [4.69, 9.17) is 16.3 Å². The van der Waals surface area contributed by atoms with E-state index >= 15 is 0 Å². The molecule has 1 rings (SSSR count). The van der Waals surface area contributed by atoms with E-state index in [-0.39, 0.29) is 11.1 Å². The summed E-state index contributed by atoms with van der Waals surface area (Å²) in [5.74, 6) is -0.393. The van der Waals surface area contributed by atoms with E-state index in [1.54, 1.807) is 19.2 Å². The average molecular weight is 367 g/mol. The molecular weight excluding hydrogens is 345 g/mol. The Morgan fingerprint density at radius 1 is 1.35 bits per heavy atom. The van der Waals surface area contributed by atoms with Gasteiger partial charge in [0.05, 0.1) is 16.7 Å². The summed E-state index contributed by atoms with van der Waals surface area (Å²) >= 11 is 9.26. The van der Waals surface area contributed by atoms with E-state index < -0.39 is 11.4 Å². The average Bonchev–Trinajstić information content (AvgIpc) is 2.47. The zero-order valence-electron chi connectivity index (χ0n) is 12.4. The first kappa shape index (κ1) is 17.9. The fraction of sp³-hybridized carbons (Fsp3) is 0.600. The minimum Gasteiger partial charge on any atom is -0.376 e. The monoisotopic (exact) mass is 365 g/mol. The Morgan fingerprint density at radius 2 is 1.95 bits per heavy atom. The number of hydrogen-bond acceptors (Lipinski definition) is 2. The lowest BCUT2D eigenvalue weighted by atomic mass is 9.83. The second-order valence-electron chi connectivity index (χ2n) is 4.73. The van der Waals surface area contributed by atoms with Crippen molar-refractivity contribution in [2.75, 3.05) is 13.7 Å². The van der Waals surface area contributed by atoms with E-state index in [0.717, 1.165) is 19.4 Å². The van der Waals surface area contributed by atoms with Gasteiger partial charge in [-0.05, 0) is 41.4 Å². The SMILES string of the molecule is CCNC(c1ccc(Br)c(Cl)c1F)C(CC)(CC)OC. The molecule has 0 aliphatic carbocycles. The summed E-state index contributed by atoms with van der Waals surface area (Å²) in [6.45, 7) is 6.82. The van der Waals surface area contributed by atoms with Crippen LogP contribution in [0.3, 0.4) is 0 Å². The lowest BCUT2D eigenvalue weighted by Crippen LogP contribution is -2.45. The third-order valence-corrected chi connectivity index (χ3v) is 5.17. The largest absolute Gasteiger partial charge is 0.376 e. The maximum absolute atomic E-state index is 14.5. The predicted molar refractivity (Wildman–Crippen MR) is 85.8 cm³/mol. The molecule has 114 valence electrons. The molecule has 1 aromatic carbocycles. The number of halogens is 3. The van der Waals surface area contributed by atoms with Crippen LogP contribution in [-0.4, -0.2) is 19.3 Å². The molecule has 0 saturated heterocycles. The maximum atomic E-state index is 14.5. The molecule has 1 aromatic rings. The molecule has 0 bridgehead atoms. The van der Waals surface area contributed by atoms with Gasteiger partial charge in [-0.25, -0.2) is 4.39 Å². The normalized spacial score (nSPS) is 13.6. The highest BCUT2D eigenvalue weighted by atomic mass is 79.9. The van der Waals surface area contributed by atoms with Crippen LogP contribution in [0, 0.1) is 5.82 Å². The highest BCUT2D eigenvalue weighted by Crippen LogP contribution is 2.39. The van der Waals surface area contributed by atoms with Crippen molar-refractivity contribution >= 4 is 27.5 Å². The molecule has 1 atom stereocenters. The number of benzene rings is 1. The lowest BCUT2D eigenvalue weighted by molar-refractivity contribution is -0.0490. The molecule has 1 N–H and O–H groups in total. The Morgan fingerprint density at radius 3 is 2.40 bits per heavy atom. The smallest absolute Gasteiger partial charge is 0.147 e. The van der Waals surface area contributed by atoms with Crippen LogP contribution in [0.25, 0.3) is 0 Å². The van der Waals surface area contributed by atoms with Crippen molar-refractivity contribution in [3.63, 3.8) is 0 Å². The molecule has 0 spiro atoms. The first-order valence-electron chi connectivity index (χ1n) is 6.89. The maximum Gasteiger partial charge on any atom is 0.147 e. The summed E-state index contributed by atoms with van der Waals surface area (Å²) in [5, 5.41) is 3.45. The minimum atomic E-state index is -0.450. The molecule has 1 unspecified atom stereocenters. The zero-order valence-corrected chi connectivity index (χ0v) is 14.7. The van der Waals surface area contributed by atoms with E-state index in [0.29, 0.717) is 10.0 Å². The number of ether oxygens (including phenoxy) is 1. The molecule has 0 aliphatic rings. The van der Waals surface area contributed by atoms with Gasteiger partial charge in [0.1, 0.15) is 5.82 Å². The topological polar surface area (TPSA) is 21.3 Å². The third-order valence-electron chi connectivity index (χ3n) is 3.91. The Kier molecular flexibility index (Phi) is 6.92. The van der Waals surface area contributed by atoms with Crippen molar-refractivity contribution in [2.45, 2.75) is 45.3 Å². The van der Waals surface area contributed by atoms with Gasteiger partial charge in [0, 0.05) is 17.1 Å². The fourth-order valence-electron chi connectivity index (χ4n) is 2.61. The Hall–Kier alpha value is -0.160. The van der Waals surface area contributed by atoms with E-state index in [9.17, 15) is 4.39 Å². The van der Waals surface area contributed by atoms with E-state index in [1.165, 1.54) is 0 Å². The molecule has 0 heterocycles. The van der Waals surface area contributed by atoms with Gasteiger partial charge < -0.3 is 10.1 Å². The molecular formula is C15H22BrClFNO. The van der Waals surface area contributed by atoms with Gasteiger partial charge in [-0.2, -0.15) is 0 Å². The van der Waals surface area contributed by atoms with Crippen molar-refractivity contribution in [2.24, 2.45) is 0 Å². The zero-order chi connectivity index (χ0) is 15.3. The van der Waals surface area contributed by atoms with Gasteiger partial charge in [0.15, 0.2) is 0 Å². The molecule has 20 heavy (non-hydrogen) atoms. The first-order chi connectivity index (χ1) is 9.47. The van der Waals surface area contributed by atoms with E-state index in [1.807, 2.05) is 6.92 Å². The van der Waals surface area contributed by atoms with Crippen molar-refractivity contribution in [1.82, 2.24) is 5.32 Å². The minimum absolute atomic E-state index is 0.114. The molecule has 5 heteroatoms. The van der Waals surface area contributed by atoms with Crippen LogP contribution in [0.5, 0.6) is 0 Å². The van der Waals surface area contributed by atoms with Crippen LogP contribution >= 0.6 is 27.5 Å². The van der Waals surface area contributed by atoms with Crippen LogP contribution in [0.2, 0.25) is 5.02 Å². The predicted octanol–water partition coefficient (Wildman–Crippen LogP) is 5.10. The van der Waals surface area contributed by atoms with Crippen LogP contribution in [0.4, 0.5) is 4.39 Å². The van der Waals surface area contributed by atoms with Gasteiger partial charge in [0.2, 0.25) is 0 Å². The second kappa shape index (κ2) is 7.74. The van der Waals surface area contributed by atoms with Crippen molar-refractivity contribution in [3.05, 3.63) is 33.0 Å². The van der Waals surface area contributed by atoms with Crippen LogP contribution in [-0.2, 0) is 4.74 Å². The van der Waals surface area contributed by atoms with Crippen LogP contribution < -0.4 is 5.32 Å². The Bertz CT molecular complexity index is 443. The summed E-state index contributed by atoms with van der Waals surface area (Å²) in [6.07, 6.45) is 1.57. The number of rotatable bonds is 7. The molecule has 0 amide bonds. The van der Waals surface area contributed by atoms with Gasteiger partial charge in [-0.15, -0.1) is 0 Å². The van der Waals surface area contributed by atoms with Crippen molar-refractivity contribution < 1.29 is 9.13 Å². The van der Waals surface area contributed by atoms with Gasteiger partial charge in [-0.3, -0.25) is 0 Å².